The molecule has 0 saturated carbocycles. The Bertz CT molecular complexity index is 886. The summed E-state index contributed by atoms with van der Waals surface area (Å²) in [6.45, 7) is 2.32. The second-order valence-electron chi connectivity index (χ2n) is 7.78. The molecule has 3 aromatic rings. The molecule has 0 radical (unpaired) electrons. The quantitative estimate of drug-likeness (QED) is 0.558. The van der Waals surface area contributed by atoms with Crippen molar-refractivity contribution in [3.05, 3.63) is 95.8 Å². The van der Waals surface area contributed by atoms with E-state index in [4.69, 9.17) is 4.74 Å². The van der Waals surface area contributed by atoms with Gasteiger partial charge in [0.15, 0.2) is 5.75 Å². The largest absolute Gasteiger partial charge is 0.414 e. The van der Waals surface area contributed by atoms with Crippen LogP contribution in [-0.4, -0.2) is 41.6 Å². The van der Waals surface area contributed by atoms with Crippen molar-refractivity contribution in [2.24, 2.45) is 0 Å². The van der Waals surface area contributed by atoms with E-state index in [9.17, 15) is 4.79 Å². The summed E-state index contributed by atoms with van der Waals surface area (Å²) >= 11 is 0. The fourth-order valence-corrected chi connectivity index (χ4v) is 3.40. The van der Waals surface area contributed by atoms with Gasteiger partial charge in [0.05, 0.1) is 7.05 Å². The Labute approximate surface area is 172 Å². The van der Waals surface area contributed by atoms with Crippen LogP contribution in [0.25, 0.3) is 0 Å². The third-order valence-electron chi connectivity index (χ3n) is 4.76. The molecule has 29 heavy (non-hydrogen) atoms. The fraction of sp³-hybridized carbons (Fsp3) is 0.250. The molecule has 0 fully saturated rings. The van der Waals surface area contributed by atoms with Gasteiger partial charge in [-0.3, -0.25) is 4.98 Å². The lowest BCUT2D eigenvalue weighted by molar-refractivity contribution is -0.948. The molecule has 0 atom stereocenters. The fourth-order valence-electron chi connectivity index (χ4n) is 3.40. The van der Waals surface area contributed by atoms with Crippen molar-refractivity contribution < 1.29 is 14.0 Å². The molecule has 0 aliphatic rings. The molecule has 5 heteroatoms. The number of hydrogen-bond donors (Lipinski definition) is 0. The number of rotatable bonds is 7. The van der Waals surface area contributed by atoms with Crippen molar-refractivity contribution in [3.63, 3.8) is 0 Å². The molecule has 0 aliphatic heterocycles. The number of benzene rings is 2. The minimum atomic E-state index is -0.403. The van der Waals surface area contributed by atoms with E-state index in [1.807, 2.05) is 12.1 Å². The SMILES string of the molecule is CN(C)C(=O)Oc1cccnc1C[N+](C)(Cc1ccccc1)Cc1ccccc1. The summed E-state index contributed by atoms with van der Waals surface area (Å²) in [6.07, 6.45) is 1.34. The van der Waals surface area contributed by atoms with Gasteiger partial charge in [0.2, 0.25) is 0 Å². The van der Waals surface area contributed by atoms with Crippen molar-refractivity contribution in [2.45, 2.75) is 19.6 Å². The normalized spacial score (nSPS) is 11.1. The molecule has 0 spiro atoms. The van der Waals surface area contributed by atoms with E-state index in [1.54, 1.807) is 32.4 Å². The second kappa shape index (κ2) is 9.34. The molecule has 0 N–H and O–H groups in total. The first kappa shape index (κ1) is 20.6. The molecule has 3 rings (SSSR count). The number of ether oxygens (including phenoxy) is 1. The van der Waals surface area contributed by atoms with E-state index >= 15 is 0 Å². The van der Waals surface area contributed by atoms with Crippen molar-refractivity contribution >= 4 is 6.09 Å². The molecular weight excluding hydrogens is 362 g/mol. The van der Waals surface area contributed by atoms with Gasteiger partial charge in [0.25, 0.3) is 0 Å². The number of pyridine rings is 1. The van der Waals surface area contributed by atoms with Crippen LogP contribution in [-0.2, 0) is 19.6 Å². The van der Waals surface area contributed by atoms with Crippen LogP contribution in [0.5, 0.6) is 5.75 Å². The van der Waals surface area contributed by atoms with Crippen LogP contribution in [0.2, 0.25) is 0 Å². The summed E-state index contributed by atoms with van der Waals surface area (Å²) in [5.74, 6) is 0.511. The standard InChI is InChI=1S/C24H28N3O2/c1-26(2)24(28)29-23-15-10-16-25-22(23)19-27(3,17-20-11-6-4-7-12-20)18-21-13-8-5-9-14-21/h4-16H,17-19H2,1-3H3/q+1. The third-order valence-corrected chi connectivity index (χ3v) is 4.76. The minimum absolute atomic E-state index is 0.403. The maximum absolute atomic E-state index is 12.1. The second-order valence-corrected chi connectivity index (χ2v) is 7.78. The zero-order valence-corrected chi connectivity index (χ0v) is 17.3. The van der Waals surface area contributed by atoms with Gasteiger partial charge in [0.1, 0.15) is 25.3 Å². The average molecular weight is 391 g/mol. The van der Waals surface area contributed by atoms with Crippen LogP contribution in [0.15, 0.2) is 79.0 Å². The Morgan fingerprint density at radius 1 is 0.862 bits per heavy atom. The van der Waals surface area contributed by atoms with E-state index in [2.05, 4.69) is 60.6 Å². The maximum Gasteiger partial charge on any atom is 0.414 e. The molecule has 0 unspecified atom stereocenters. The van der Waals surface area contributed by atoms with E-state index in [-0.39, 0.29) is 0 Å². The van der Waals surface area contributed by atoms with Crippen LogP contribution in [0.1, 0.15) is 16.8 Å². The lowest BCUT2D eigenvalue weighted by atomic mass is 10.1. The number of carbonyl (C=O) groups is 1. The Morgan fingerprint density at radius 2 is 1.41 bits per heavy atom. The summed E-state index contributed by atoms with van der Waals surface area (Å²) in [5, 5.41) is 0. The molecule has 150 valence electrons. The van der Waals surface area contributed by atoms with Gasteiger partial charge in [-0.15, -0.1) is 0 Å². The van der Waals surface area contributed by atoms with Crippen LogP contribution >= 0.6 is 0 Å². The van der Waals surface area contributed by atoms with Gasteiger partial charge in [-0.05, 0) is 12.1 Å². The first-order valence-electron chi connectivity index (χ1n) is 9.70. The molecule has 0 aliphatic carbocycles. The van der Waals surface area contributed by atoms with Gasteiger partial charge in [-0.1, -0.05) is 60.7 Å². The van der Waals surface area contributed by atoms with Gasteiger partial charge in [-0.2, -0.15) is 0 Å². The summed E-state index contributed by atoms with van der Waals surface area (Å²) in [6, 6.07) is 24.5. The Hall–Kier alpha value is -3.18. The molecule has 1 amide bonds. The Morgan fingerprint density at radius 3 is 1.93 bits per heavy atom. The van der Waals surface area contributed by atoms with Crippen LogP contribution in [0.3, 0.4) is 0 Å². The number of hydrogen-bond acceptors (Lipinski definition) is 3. The van der Waals surface area contributed by atoms with Crippen LogP contribution in [0.4, 0.5) is 4.79 Å². The summed E-state index contributed by atoms with van der Waals surface area (Å²) in [5.41, 5.74) is 3.29. The maximum atomic E-state index is 12.1. The molecule has 5 nitrogen and oxygen atoms in total. The average Bonchev–Trinajstić information content (AvgIpc) is 2.70. The molecule has 0 bridgehead atoms. The zero-order chi connectivity index (χ0) is 20.7. The van der Waals surface area contributed by atoms with Gasteiger partial charge < -0.3 is 14.1 Å². The van der Waals surface area contributed by atoms with Crippen LogP contribution < -0.4 is 4.74 Å². The highest BCUT2D eigenvalue weighted by atomic mass is 16.6. The number of aromatic nitrogens is 1. The Kier molecular flexibility index (Phi) is 6.62. The van der Waals surface area contributed by atoms with Crippen molar-refractivity contribution in [2.75, 3.05) is 21.1 Å². The van der Waals surface area contributed by atoms with Gasteiger partial charge in [0, 0.05) is 31.4 Å². The molecular formula is C24H28N3O2+. The van der Waals surface area contributed by atoms with Crippen LogP contribution in [0, 0.1) is 0 Å². The molecule has 1 heterocycles. The number of quaternary nitrogens is 1. The van der Waals surface area contributed by atoms with E-state index < -0.39 is 6.09 Å². The van der Waals surface area contributed by atoms with Gasteiger partial charge in [-0.25, -0.2) is 4.79 Å². The van der Waals surface area contributed by atoms with Crippen molar-refractivity contribution in [1.82, 2.24) is 9.88 Å². The monoisotopic (exact) mass is 390 g/mol. The summed E-state index contributed by atoms with van der Waals surface area (Å²) in [4.78, 5) is 18.0. The Balaban J connectivity index is 1.90. The van der Waals surface area contributed by atoms with Crippen molar-refractivity contribution in [1.29, 1.82) is 0 Å². The zero-order valence-electron chi connectivity index (χ0n) is 17.3. The minimum Gasteiger partial charge on any atom is -0.408 e. The van der Waals surface area contributed by atoms with E-state index in [0.717, 1.165) is 18.8 Å². The molecule has 2 aromatic carbocycles. The summed E-state index contributed by atoms with van der Waals surface area (Å²) < 4.78 is 6.27. The first-order valence-corrected chi connectivity index (χ1v) is 9.70. The lowest BCUT2D eigenvalue weighted by Crippen LogP contribution is -2.42. The number of amides is 1. The highest BCUT2D eigenvalue weighted by Gasteiger charge is 2.26. The van der Waals surface area contributed by atoms with E-state index in [1.165, 1.54) is 16.0 Å². The summed E-state index contributed by atoms with van der Waals surface area (Å²) in [7, 11) is 5.55. The highest BCUT2D eigenvalue weighted by molar-refractivity contribution is 5.70. The number of carbonyl (C=O) groups excluding carboxylic acids is 1. The van der Waals surface area contributed by atoms with Gasteiger partial charge >= 0.3 is 6.09 Å². The predicted octanol–water partition coefficient (Wildman–Crippen LogP) is 4.49. The predicted molar refractivity (Wildman–Crippen MR) is 114 cm³/mol. The lowest BCUT2D eigenvalue weighted by Gasteiger charge is -2.35. The van der Waals surface area contributed by atoms with Crippen molar-refractivity contribution in [3.8, 4) is 5.75 Å². The first-order chi connectivity index (χ1) is 14.0. The van der Waals surface area contributed by atoms with E-state index in [0.29, 0.717) is 16.8 Å². The molecule has 0 saturated heterocycles. The smallest absolute Gasteiger partial charge is 0.408 e. The highest BCUT2D eigenvalue weighted by Crippen LogP contribution is 2.25. The molecule has 1 aromatic heterocycles. The third kappa shape index (κ3) is 5.90. The topological polar surface area (TPSA) is 42.4 Å². The number of nitrogens with zero attached hydrogens (tertiary/aromatic N) is 3.